The van der Waals surface area contributed by atoms with E-state index in [-0.39, 0.29) is 6.10 Å². The smallest absolute Gasteiger partial charge is 0.138 e. The Hall–Kier alpha value is -1.87. The molecule has 1 aromatic carbocycles. The molecule has 1 aromatic heterocycles. The Balaban J connectivity index is 1.67. The second-order valence-electron chi connectivity index (χ2n) is 6.45. The Morgan fingerprint density at radius 1 is 1.05 bits per heavy atom. The highest BCUT2D eigenvalue weighted by Gasteiger charge is 2.40. The van der Waals surface area contributed by atoms with E-state index in [2.05, 4.69) is 34.6 Å². The first-order valence-corrected chi connectivity index (χ1v) is 8.24. The largest absolute Gasteiger partial charge is 0.484 e. The van der Waals surface area contributed by atoms with Crippen molar-refractivity contribution in [2.24, 2.45) is 0 Å². The maximum atomic E-state index is 6.24. The lowest BCUT2D eigenvalue weighted by molar-refractivity contribution is 0.143. The zero-order chi connectivity index (χ0) is 14.8. The summed E-state index contributed by atoms with van der Waals surface area (Å²) < 4.78 is 6.24. The molecular weight excluding hydrogens is 272 g/mol. The Kier molecular flexibility index (Phi) is 3.59. The highest BCUT2D eigenvalue weighted by Crippen LogP contribution is 2.47. The van der Waals surface area contributed by atoms with Crippen molar-refractivity contribution >= 4 is 0 Å². The average molecular weight is 294 g/mol. The number of aromatic nitrogens is 1. The van der Waals surface area contributed by atoms with Gasteiger partial charge in [-0.3, -0.25) is 4.98 Å². The van der Waals surface area contributed by atoms with Crippen molar-refractivity contribution in [1.82, 2.24) is 10.3 Å². The number of nitrogens with one attached hydrogen (secondary N) is 1. The highest BCUT2D eigenvalue weighted by molar-refractivity contribution is 5.39. The second kappa shape index (κ2) is 5.73. The van der Waals surface area contributed by atoms with Crippen LogP contribution in [0.1, 0.15) is 42.9 Å². The van der Waals surface area contributed by atoms with Crippen LogP contribution in [0.2, 0.25) is 0 Å². The SMILES string of the molecule is c1cncc(OC2CCC3(CCNCC3)c3ccccc32)c1. The van der Waals surface area contributed by atoms with Crippen LogP contribution in [0.5, 0.6) is 5.75 Å². The maximum absolute atomic E-state index is 6.24. The topological polar surface area (TPSA) is 34.1 Å². The summed E-state index contributed by atoms with van der Waals surface area (Å²) in [7, 11) is 0. The van der Waals surface area contributed by atoms with Gasteiger partial charge in [0.25, 0.3) is 0 Å². The van der Waals surface area contributed by atoms with Crippen molar-refractivity contribution in [1.29, 1.82) is 0 Å². The Bertz CT molecular complexity index is 635. The quantitative estimate of drug-likeness (QED) is 0.918. The molecule has 1 aliphatic heterocycles. The van der Waals surface area contributed by atoms with E-state index in [1.807, 2.05) is 12.1 Å². The van der Waals surface area contributed by atoms with E-state index >= 15 is 0 Å². The van der Waals surface area contributed by atoms with Gasteiger partial charge >= 0.3 is 0 Å². The average Bonchev–Trinajstić information content (AvgIpc) is 2.60. The van der Waals surface area contributed by atoms with E-state index in [9.17, 15) is 0 Å². The number of hydrogen-bond donors (Lipinski definition) is 1. The lowest BCUT2D eigenvalue weighted by atomic mass is 9.64. The van der Waals surface area contributed by atoms with Crippen molar-refractivity contribution in [2.45, 2.75) is 37.2 Å². The van der Waals surface area contributed by atoms with Crippen LogP contribution in [-0.4, -0.2) is 18.1 Å². The molecule has 22 heavy (non-hydrogen) atoms. The van der Waals surface area contributed by atoms with Crippen molar-refractivity contribution in [3.63, 3.8) is 0 Å². The van der Waals surface area contributed by atoms with E-state index in [4.69, 9.17) is 4.74 Å². The van der Waals surface area contributed by atoms with Gasteiger partial charge in [-0.05, 0) is 67.4 Å². The predicted octanol–water partition coefficient (Wildman–Crippen LogP) is 3.62. The van der Waals surface area contributed by atoms with Crippen LogP contribution in [0, 0.1) is 0 Å². The van der Waals surface area contributed by atoms with Gasteiger partial charge in [0, 0.05) is 6.20 Å². The van der Waals surface area contributed by atoms with E-state index in [1.165, 1.54) is 30.4 Å². The number of fused-ring (bicyclic) bond motifs is 2. The molecule has 1 N–H and O–H groups in total. The summed E-state index contributed by atoms with van der Waals surface area (Å²) in [6.45, 7) is 2.25. The van der Waals surface area contributed by atoms with Gasteiger partial charge in [-0.25, -0.2) is 0 Å². The van der Waals surface area contributed by atoms with Crippen LogP contribution in [0.3, 0.4) is 0 Å². The Morgan fingerprint density at radius 2 is 1.91 bits per heavy atom. The van der Waals surface area contributed by atoms with Crippen LogP contribution in [0.25, 0.3) is 0 Å². The molecule has 3 nitrogen and oxygen atoms in total. The molecule has 2 aromatic rings. The molecule has 0 amide bonds. The van der Waals surface area contributed by atoms with Crippen LogP contribution in [0.15, 0.2) is 48.8 Å². The molecule has 114 valence electrons. The summed E-state index contributed by atoms with van der Waals surface area (Å²) in [6, 6.07) is 12.8. The molecule has 1 atom stereocenters. The number of ether oxygens (including phenoxy) is 1. The van der Waals surface area contributed by atoms with Crippen LogP contribution in [-0.2, 0) is 5.41 Å². The first kappa shape index (κ1) is 13.8. The van der Waals surface area contributed by atoms with Crippen LogP contribution in [0.4, 0.5) is 0 Å². The molecular formula is C19H22N2O. The van der Waals surface area contributed by atoms with Crippen LogP contribution >= 0.6 is 0 Å². The second-order valence-corrected chi connectivity index (χ2v) is 6.45. The molecule has 1 saturated heterocycles. The molecule has 1 aliphatic carbocycles. The minimum Gasteiger partial charge on any atom is -0.484 e. The predicted molar refractivity (Wildman–Crippen MR) is 87.1 cm³/mol. The van der Waals surface area contributed by atoms with E-state index in [0.29, 0.717) is 5.41 Å². The molecule has 3 heteroatoms. The van der Waals surface area contributed by atoms with Gasteiger partial charge in [-0.15, -0.1) is 0 Å². The summed E-state index contributed by atoms with van der Waals surface area (Å²) in [4.78, 5) is 4.16. The zero-order valence-corrected chi connectivity index (χ0v) is 12.8. The maximum Gasteiger partial charge on any atom is 0.138 e. The third-order valence-corrected chi connectivity index (χ3v) is 5.24. The third kappa shape index (κ3) is 2.40. The number of hydrogen-bond acceptors (Lipinski definition) is 3. The van der Waals surface area contributed by atoms with E-state index in [0.717, 1.165) is 25.3 Å². The molecule has 1 spiro atoms. The molecule has 1 fully saturated rings. The minimum atomic E-state index is 0.154. The number of benzene rings is 1. The fourth-order valence-electron chi connectivity index (χ4n) is 4.09. The van der Waals surface area contributed by atoms with Gasteiger partial charge in [-0.1, -0.05) is 24.3 Å². The number of piperidine rings is 1. The number of nitrogens with zero attached hydrogens (tertiary/aromatic N) is 1. The van der Waals surface area contributed by atoms with Crippen LogP contribution < -0.4 is 10.1 Å². The molecule has 2 heterocycles. The summed E-state index contributed by atoms with van der Waals surface area (Å²) in [5, 5.41) is 3.50. The fourth-order valence-corrected chi connectivity index (χ4v) is 4.09. The molecule has 1 unspecified atom stereocenters. The molecule has 2 aliphatic rings. The van der Waals surface area contributed by atoms with Gasteiger partial charge in [0.2, 0.25) is 0 Å². The first-order valence-electron chi connectivity index (χ1n) is 8.24. The molecule has 0 bridgehead atoms. The van der Waals surface area contributed by atoms with E-state index < -0.39 is 0 Å². The summed E-state index contributed by atoms with van der Waals surface area (Å²) in [5.74, 6) is 0.864. The summed E-state index contributed by atoms with van der Waals surface area (Å²) in [5.41, 5.74) is 3.24. The molecule has 0 radical (unpaired) electrons. The number of pyridine rings is 1. The molecule has 0 saturated carbocycles. The lowest BCUT2D eigenvalue weighted by Crippen LogP contribution is -2.43. The monoisotopic (exact) mass is 294 g/mol. The van der Waals surface area contributed by atoms with Gasteiger partial charge in [0.05, 0.1) is 6.20 Å². The Labute approximate surface area is 131 Å². The van der Waals surface area contributed by atoms with Gasteiger partial charge in [-0.2, -0.15) is 0 Å². The standard InChI is InChI=1S/C19H22N2O/c1-2-6-17-16(5-1)18(22-15-4-3-11-21-14-15)7-8-19(17)9-12-20-13-10-19/h1-6,11,14,18,20H,7-10,12-13H2. The first-order chi connectivity index (χ1) is 10.9. The lowest BCUT2D eigenvalue weighted by Gasteiger charge is -2.44. The highest BCUT2D eigenvalue weighted by atomic mass is 16.5. The third-order valence-electron chi connectivity index (χ3n) is 5.24. The van der Waals surface area contributed by atoms with Crippen molar-refractivity contribution in [3.05, 3.63) is 59.9 Å². The van der Waals surface area contributed by atoms with Crippen molar-refractivity contribution in [2.75, 3.05) is 13.1 Å². The van der Waals surface area contributed by atoms with Gasteiger partial charge in [0.15, 0.2) is 0 Å². The fraction of sp³-hybridized carbons (Fsp3) is 0.421. The zero-order valence-electron chi connectivity index (χ0n) is 12.8. The van der Waals surface area contributed by atoms with Crippen molar-refractivity contribution in [3.8, 4) is 5.75 Å². The molecule has 4 rings (SSSR count). The summed E-state index contributed by atoms with van der Waals surface area (Å²) in [6.07, 6.45) is 8.53. The van der Waals surface area contributed by atoms with Crippen molar-refractivity contribution < 1.29 is 4.74 Å². The summed E-state index contributed by atoms with van der Waals surface area (Å²) >= 11 is 0. The van der Waals surface area contributed by atoms with Gasteiger partial charge < -0.3 is 10.1 Å². The minimum absolute atomic E-state index is 0.154. The number of rotatable bonds is 2. The van der Waals surface area contributed by atoms with Gasteiger partial charge in [0.1, 0.15) is 11.9 Å². The Morgan fingerprint density at radius 3 is 2.73 bits per heavy atom. The van der Waals surface area contributed by atoms with E-state index in [1.54, 1.807) is 12.4 Å². The normalized spacial score (nSPS) is 23.0.